The lowest BCUT2D eigenvalue weighted by atomic mass is 10.1. The molecule has 1 aromatic carbocycles. The number of nitrogens with zero attached hydrogens (tertiary/aromatic N) is 1. The van der Waals surface area contributed by atoms with Crippen LogP contribution in [0.1, 0.15) is 31.2 Å². The number of carbonyl (C=O) groups is 1. The first-order chi connectivity index (χ1) is 9.20. The second-order valence-electron chi connectivity index (χ2n) is 5.13. The molecule has 3 N–H and O–H groups in total. The smallest absolute Gasteiger partial charge is 0.307 e. The van der Waals surface area contributed by atoms with E-state index in [-0.39, 0.29) is 6.42 Å². The average molecular weight is 259 g/mol. The minimum atomic E-state index is -0.817. The van der Waals surface area contributed by atoms with Crippen LogP contribution in [0.5, 0.6) is 0 Å². The fourth-order valence-electron chi connectivity index (χ4n) is 2.67. The van der Waals surface area contributed by atoms with Crippen molar-refractivity contribution in [1.29, 1.82) is 0 Å². The Bertz CT molecular complexity index is 600. The minimum absolute atomic E-state index is 0.0420. The van der Waals surface area contributed by atoms with E-state index in [9.17, 15) is 4.79 Å². The van der Waals surface area contributed by atoms with Crippen LogP contribution in [0.15, 0.2) is 18.2 Å². The quantitative estimate of drug-likeness (QED) is 0.788. The molecule has 1 heterocycles. The molecule has 5 nitrogen and oxygen atoms in total. The van der Waals surface area contributed by atoms with E-state index in [0.717, 1.165) is 22.5 Å². The van der Waals surface area contributed by atoms with Crippen LogP contribution in [0.3, 0.4) is 0 Å². The molecule has 19 heavy (non-hydrogen) atoms. The van der Waals surface area contributed by atoms with E-state index in [1.54, 1.807) is 0 Å². The molecule has 0 saturated heterocycles. The summed E-state index contributed by atoms with van der Waals surface area (Å²) in [5.74, 6) is -0.0301. The molecular formula is C14H17N3O2. The predicted octanol–water partition coefficient (Wildman–Crippen LogP) is 2.54. The van der Waals surface area contributed by atoms with Gasteiger partial charge in [0.15, 0.2) is 0 Å². The van der Waals surface area contributed by atoms with Gasteiger partial charge < -0.3 is 15.4 Å². The van der Waals surface area contributed by atoms with Gasteiger partial charge in [0.1, 0.15) is 0 Å². The van der Waals surface area contributed by atoms with Gasteiger partial charge in [-0.2, -0.15) is 0 Å². The lowest BCUT2D eigenvalue weighted by Gasteiger charge is -2.09. The predicted molar refractivity (Wildman–Crippen MR) is 73.3 cm³/mol. The van der Waals surface area contributed by atoms with Crippen molar-refractivity contribution in [2.24, 2.45) is 0 Å². The second kappa shape index (κ2) is 4.91. The third-order valence-corrected chi connectivity index (χ3v) is 3.60. The van der Waals surface area contributed by atoms with Crippen molar-refractivity contribution in [2.75, 3.05) is 5.32 Å². The molecule has 1 aliphatic carbocycles. The molecule has 0 atom stereocenters. The van der Waals surface area contributed by atoms with Crippen molar-refractivity contribution < 1.29 is 9.90 Å². The van der Waals surface area contributed by atoms with E-state index in [1.165, 1.54) is 25.7 Å². The summed E-state index contributed by atoms with van der Waals surface area (Å²) in [4.78, 5) is 18.4. The van der Waals surface area contributed by atoms with E-state index in [1.807, 2.05) is 18.2 Å². The van der Waals surface area contributed by atoms with Gasteiger partial charge in [-0.1, -0.05) is 18.9 Å². The zero-order chi connectivity index (χ0) is 13.2. The Kier molecular flexibility index (Phi) is 3.11. The molecule has 0 radical (unpaired) electrons. The molecule has 0 unspecified atom stereocenters. The van der Waals surface area contributed by atoms with Crippen LogP contribution in [0.25, 0.3) is 11.0 Å². The molecule has 1 fully saturated rings. The zero-order valence-corrected chi connectivity index (χ0v) is 10.6. The standard InChI is InChI=1S/C14H17N3O2/c18-13(19)8-9-5-6-11-12(7-9)17-14(16-11)15-10-3-1-2-4-10/h5-7,10H,1-4,8H2,(H,18,19)(H2,15,16,17). The summed E-state index contributed by atoms with van der Waals surface area (Å²) in [5, 5.41) is 12.2. The number of rotatable bonds is 4. The number of benzene rings is 1. The Morgan fingerprint density at radius 1 is 1.42 bits per heavy atom. The maximum Gasteiger partial charge on any atom is 0.307 e. The summed E-state index contributed by atoms with van der Waals surface area (Å²) in [6.07, 6.45) is 4.99. The highest BCUT2D eigenvalue weighted by molar-refractivity contribution is 5.80. The number of anilines is 1. The van der Waals surface area contributed by atoms with Gasteiger partial charge in [-0.25, -0.2) is 4.98 Å². The molecule has 3 rings (SSSR count). The molecule has 2 aromatic rings. The molecule has 100 valence electrons. The van der Waals surface area contributed by atoms with Crippen molar-refractivity contribution in [1.82, 2.24) is 9.97 Å². The van der Waals surface area contributed by atoms with Crippen molar-refractivity contribution in [2.45, 2.75) is 38.1 Å². The minimum Gasteiger partial charge on any atom is -0.481 e. The third kappa shape index (κ3) is 2.70. The van der Waals surface area contributed by atoms with Gasteiger partial charge in [-0.15, -0.1) is 0 Å². The van der Waals surface area contributed by atoms with Crippen LogP contribution < -0.4 is 5.32 Å². The van der Waals surface area contributed by atoms with Crippen LogP contribution >= 0.6 is 0 Å². The number of hydrogen-bond donors (Lipinski definition) is 3. The summed E-state index contributed by atoms with van der Waals surface area (Å²) in [6, 6.07) is 6.05. The van der Waals surface area contributed by atoms with Gasteiger partial charge >= 0.3 is 5.97 Å². The molecule has 0 spiro atoms. The zero-order valence-electron chi connectivity index (χ0n) is 10.6. The number of nitrogens with one attached hydrogen (secondary N) is 2. The summed E-state index contributed by atoms with van der Waals surface area (Å²) in [5.41, 5.74) is 2.55. The fourth-order valence-corrected chi connectivity index (χ4v) is 2.67. The van der Waals surface area contributed by atoms with Gasteiger partial charge in [0, 0.05) is 6.04 Å². The van der Waals surface area contributed by atoms with Crippen LogP contribution in [0.2, 0.25) is 0 Å². The first-order valence-electron chi connectivity index (χ1n) is 6.68. The van der Waals surface area contributed by atoms with E-state index < -0.39 is 5.97 Å². The molecule has 5 heteroatoms. The number of carboxylic acids is 1. The van der Waals surface area contributed by atoms with Crippen molar-refractivity contribution in [3.63, 3.8) is 0 Å². The number of hydrogen-bond acceptors (Lipinski definition) is 3. The summed E-state index contributed by atoms with van der Waals surface area (Å²) >= 11 is 0. The van der Waals surface area contributed by atoms with Crippen LogP contribution in [-0.4, -0.2) is 27.1 Å². The van der Waals surface area contributed by atoms with Gasteiger partial charge in [-0.3, -0.25) is 4.79 Å². The Morgan fingerprint density at radius 2 is 2.21 bits per heavy atom. The molecular weight excluding hydrogens is 242 g/mol. The van der Waals surface area contributed by atoms with Crippen molar-refractivity contribution >= 4 is 23.0 Å². The normalized spacial score (nSPS) is 16.0. The molecule has 0 bridgehead atoms. The van der Waals surface area contributed by atoms with Crippen molar-refractivity contribution in [3.8, 4) is 0 Å². The number of aliphatic carboxylic acids is 1. The first kappa shape index (κ1) is 12.0. The molecule has 1 saturated carbocycles. The average Bonchev–Trinajstić information content (AvgIpc) is 2.97. The Morgan fingerprint density at radius 3 is 2.95 bits per heavy atom. The SMILES string of the molecule is O=C(O)Cc1ccc2nc(NC3CCCC3)[nH]c2c1. The lowest BCUT2D eigenvalue weighted by Crippen LogP contribution is -2.15. The highest BCUT2D eigenvalue weighted by Crippen LogP contribution is 2.23. The van der Waals surface area contributed by atoms with Gasteiger partial charge in [0.2, 0.25) is 5.95 Å². The number of aromatic nitrogens is 2. The molecule has 0 amide bonds. The second-order valence-corrected chi connectivity index (χ2v) is 5.13. The number of fused-ring (bicyclic) bond motifs is 1. The maximum absolute atomic E-state index is 10.7. The van der Waals surface area contributed by atoms with Crippen molar-refractivity contribution in [3.05, 3.63) is 23.8 Å². The number of carboxylic acid groups (broad SMARTS) is 1. The fraction of sp³-hybridized carbons (Fsp3) is 0.429. The van der Waals surface area contributed by atoms with Gasteiger partial charge in [0.25, 0.3) is 0 Å². The number of aromatic amines is 1. The molecule has 0 aliphatic heterocycles. The largest absolute Gasteiger partial charge is 0.481 e. The van der Waals surface area contributed by atoms with E-state index in [0.29, 0.717) is 6.04 Å². The molecule has 1 aliphatic rings. The van der Waals surface area contributed by atoms with Crippen LogP contribution in [0.4, 0.5) is 5.95 Å². The summed E-state index contributed by atoms with van der Waals surface area (Å²) in [7, 11) is 0. The molecule has 1 aromatic heterocycles. The van der Waals surface area contributed by atoms with Gasteiger partial charge in [0.05, 0.1) is 17.5 Å². The maximum atomic E-state index is 10.7. The highest BCUT2D eigenvalue weighted by Gasteiger charge is 2.16. The van der Waals surface area contributed by atoms with Crippen LogP contribution in [0, 0.1) is 0 Å². The summed E-state index contributed by atoms with van der Waals surface area (Å²) in [6.45, 7) is 0. The van der Waals surface area contributed by atoms with E-state index in [4.69, 9.17) is 5.11 Å². The number of H-pyrrole nitrogens is 1. The Hall–Kier alpha value is -2.04. The Labute approximate surface area is 111 Å². The monoisotopic (exact) mass is 259 g/mol. The first-order valence-corrected chi connectivity index (χ1v) is 6.68. The summed E-state index contributed by atoms with van der Waals surface area (Å²) < 4.78 is 0. The third-order valence-electron chi connectivity index (χ3n) is 3.60. The Balaban J connectivity index is 1.81. The van der Waals surface area contributed by atoms with E-state index in [2.05, 4.69) is 15.3 Å². The lowest BCUT2D eigenvalue weighted by molar-refractivity contribution is -0.136. The van der Waals surface area contributed by atoms with Crippen LogP contribution in [-0.2, 0) is 11.2 Å². The number of imidazole rings is 1. The van der Waals surface area contributed by atoms with E-state index >= 15 is 0 Å². The van der Waals surface area contributed by atoms with Gasteiger partial charge in [-0.05, 0) is 30.5 Å². The highest BCUT2D eigenvalue weighted by atomic mass is 16.4. The topological polar surface area (TPSA) is 78.0 Å².